The molecule has 3 nitrogen and oxygen atoms in total. The number of fused-ring (bicyclic) bond motifs is 1. The summed E-state index contributed by atoms with van der Waals surface area (Å²) in [4.78, 5) is 5.54. The lowest BCUT2D eigenvalue weighted by atomic mass is 10.0. The Morgan fingerprint density at radius 2 is 1.94 bits per heavy atom. The highest BCUT2D eigenvalue weighted by molar-refractivity contribution is 7.15. The van der Waals surface area contributed by atoms with Gasteiger partial charge in [-0.3, -0.25) is 4.40 Å². The van der Waals surface area contributed by atoms with E-state index in [0.29, 0.717) is 21.6 Å². The van der Waals surface area contributed by atoms with Crippen molar-refractivity contribution in [2.75, 3.05) is 5.32 Å². The molecule has 1 N–H and O–H groups in total. The first-order valence-corrected chi connectivity index (χ1v) is 11.5. The maximum atomic E-state index is 14.9. The summed E-state index contributed by atoms with van der Waals surface area (Å²) in [5.74, 6) is 0.225. The molecule has 156 valence electrons. The van der Waals surface area contributed by atoms with E-state index >= 15 is 0 Å². The summed E-state index contributed by atoms with van der Waals surface area (Å²) in [7, 11) is 0. The second kappa shape index (κ2) is 8.15. The lowest BCUT2D eigenvalue weighted by Gasteiger charge is -2.15. The molecule has 0 spiro atoms. The van der Waals surface area contributed by atoms with Crippen LogP contribution in [0.1, 0.15) is 24.1 Å². The predicted molar refractivity (Wildman–Crippen MR) is 129 cm³/mol. The van der Waals surface area contributed by atoms with Crippen LogP contribution in [0.2, 0.25) is 10.0 Å². The fraction of sp³-hybridized carbons (Fsp3) is 0.125. The van der Waals surface area contributed by atoms with E-state index in [9.17, 15) is 4.39 Å². The lowest BCUT2D eigenvalue weighted by molar-refractivity contribution is 0.631. The number of benzene rings is 2. The largest absolute Gasteiger partial charge is 0.338 e. The van der Waals surface area contributed by atoms with E-state index in [1.807, 2.05) is 29.5 Å². The molecule has 0 saturated heterocycles. The number of nitrogens with one attached hydrogen (secondary N) is 1. The van der Waals surface area contributed by atoms with Crippen LogP contribution in [0, 0.1) is 12.7 Å². The summed E-state index contributed by atoms with van der Waals surface area (Å²) in [6, 6.07) is 10.4. The Labute approximate surface area is 193 Å². The minimum atomic E-state index is -0.418. The number of hydrogen-bond acceptors (Lipinski definition) is 3. The summed E-state index contributed by atoms with van der Waals surface area (Å²) in [6.07, 6.45) is 8.25. The number of aromatic nitrogens is 2. The zero-order chi connectivity index (χ0) is 21.5. The van der Waals surface area contributed by atoms with Gasteiger partial charge in [0, 0.05) is 5.38 Å². The number of para-hydroxylation sites is 1. The zero-order valence-electron chi connectivity index (χ0n) is 16.6. The van der Waals surface area contributed by atoms with Crippen molar-refractivity contribution < 1.29 is 4.39 Å². The third-order valence-corrected chi connectivity index (χ3v) is 6.83. The second-order valence-electron chi connectivity index (χ2n) is 7.36. The van der Waals surface area contributed by atoms with Crippen molar-refractivity contribution in [3.63, 3.8) is 0 Å². The number of imidazole rings is 1. The van der Waals surface area contributed by atoms with Crippen LogP contribution in [-0.4, -0.2) is 9.38 Å². The molecule has 0 unspecified atom stereocenters. The summed E-state index contributed by atoms with van der Waals surface area (Å²) in [6.45, 7) is 1.98. The van der Waals surface area contributed by atoms with Crippen molar-refractivity contribution >= 4 is 56.6 Å². The molecule has 0 bridgehead atoms. The Morgan fingerprint density at radius 3 is 2.68 bits per heavy atom. The normalized spacial score (nSPS) is 13.6. The van der Waals surface area contributed by atoms with E-state index in [0.717, 1.165) is 34.7 Å². The van der Waals surface area contributed by atoms with Crippen LogP contribution in [0.3, 0.4) is 0 Å². The molecule has 1 aliphatic rings. The van der Waals surface area contributed by atoms with E-state index in [2.05, 4.69) is 28.9 Å². The Morgan fingerprint density at radius 1 is 1.13 bits per heavy atom. The van der Waals surface area contributed by atoms with Gasteiger partial charge in [0.2, 0.25) is 0 Å². The van der Waals surface area contributed by atoms with Gasteiger partial charge in [-0.25, -0.2) is 9.37 Å². The van der Waals surface area contributed by atoms with E-state index in [4.69, 9.17) is 28.2 Å². The number of aryl methyl sites for hydroxylation is 1. The first-order valence-electron chi connectivity index (χ1n) is 9.87. The fourth-order valence-electron chi connectivity index (χ4n) is 3.82. The predicted octanol–water partition coefficient (Wildman–Crippen LogP) is 8.29. The Balaban J connectivity index is 1.80. The Hall–Kier alpha value is -2.60. The van der Waals surface area contributed by atoms with Crippen LogP contribution in [0.25, 0.3) is 21.8 Å². The highest BCUT2D eigenvalue weighted by atomic mass is 35.5. The highest BCUT2D eigenvalue weighted by Gasteiger charge is 2.24. The summed E-state index contributed by atoms with van der Waals surface area (Å²) >= 11 is 14.5. The number of anilines is 2. The molecule has 5 rings (SSSR count). The SMILES string of the molecule is Cc1cccc(Cl)c1Nc1c(-c2c(F)cccc2Cl)nc2scc(C3=CC=CCC3)n12. The third kappa shape index (κ3) is 3.57. The van der Waals surface area contributed by atoms with Crippen LogP contribution in [-0.2, 0) is 0 Å². The Kier molecular flexibility index (Phi) is 5.34. The highest BCUT2D eigenvalue weighted by Crippen LogP contribution is 2.42. The minimum Gasteiger partial charge on any atom is -0.338 e. The standard InChI is InChI=1S/C24H18Cl2FN3S/c1-14-7-5-11-17(26)21(14)28-23-22(20-16(25)10-6-12-18(20)27)29-24-30(23)19(13-31-24)15-8-3-2-4-9-15/h2-3,5-8,10-13,28H,4,9H2,1H3. The number of hydrogen-bond donors (Lipinski definition) is 1. The molecular formula is C24H18Cl2FN3S. The molecule has 0 fully saturated rings. The topological polar surface area (TPSA) is 29.3 Å². The van der Waals surface area contributed by atoms with E-state index in [-0.39, 0.29) is 5.56 Å². The van der Waals surface area contributed by atoms with Crippen molar-refractivity contribution in [2.45, 2.75) is 19.8 Å². The number of thiazole rings is 1. The molecule has 0 amide bonds. The van der Waals surface area contributed by atoms with Crippen molar-refractivity contribution in [1.29, 1.82) is 0 Å². The molecule has 0 aliphatic heterocycles. The van der Waals surface area contributed by atoms with Crippen LogP contribution < -0.4 is 5.32 Å². The van der Waals surface area contributed by atoms with Gasteiger partial charge in [0.25, 0.3) is 0 Å². The Bertz CT molecular complexity index is 1330. The van der Waals surface area contributed by atoms with Crippen molar-refractivity contribution in [2.24, 2.45) is 0 Å². The summed E-state index contributed by atoms with van der Waals surface area (Å²) < 4.78 is 16.9. The second-order valence-corrected chi connectivity index (χ2v) is 9.01. The van der Waals surface area contributed by atoms with Crippen molar-refractivity contribution in [1.82, 2.24) is 9.38 Å². The minimum absolute atomic E-state index is 0.274. The van der Waals surface area contributed by atoms with Crippen molar-refractivity contribution in [3.05, 3.63) is 87.1 Å². The number of allylic oxidation sites excluding steroid dienone is 4. The van der Waals surface area contributed by atoms with Gasteiger partial charge < -0.3 is 5.32 Å². The molecule has 0 atom stereocenters. The average molecular weight is 470 g/mol. The lowest BCUT2D eigenvalue weighted by Crippen LogP contribution is -2.02. The van der Waals surface area contributed by atoms with Gasteiger partial charge in [-0.15, -0.1) is 11.3 Å². The smallest absolute Gasteiger partial charge is 0.196 e. The average Bonchev–Trinajstić information content (AvgIpc) is 3.31. The van der Waals surface area contributed by atoms with Crippen LogP contribution >= 0.6 is 34.5 Å². The molecule has 7 heteroatoms. The first kappa shape index (κ1) is 20.3. The molecule has 2 aromatic carbocycles. The van der Waals surface area contributed by atoms with Crippen molar-refractivity contribution in [3.8, 4) is 11.3 Å². The summed E-state index contributed by atoms with van der Waals surface area (Å²) in [5, 5.41) is 6.44. The summed E-state index contributed by atoms with van der Waals surface area (Å²) in [5.41, 5.74) is 4.70. The first-order chi connectivity index (χ1) is 15.0. The van der Waals surface area contributed by atoms with Gasteiger partial charge in [-0.05, 0) is 49.1 Å². The number of nitrogens with zero attached hydrogens (tertiary/aromatic N) is 2. The van der Waals surface area contributed by atoms with Gasteiger partial charge in [0.05, 0.1) is 27.0 Å². The van der Waals surface area contributed by atoms with E-state index < -0.39 is 5.82 Å². The van der Waals surface area contributed by atoms with Gasteiger partial charge in [-0.2, -0.15) is 0 Å². The number of rotatable bonds is 4. The van der Waals surface area contributed by atoms with Crippen LogP contribution in [0.5, 0.6) is 0 Å². The molecule has 1 aliphatic carbocycles. The van der Waals surface area contributed by atoms with Gasteiger partial charge in [-0.1, -0.05) is 59.6 Å². The van der Waals surface area contributed by atoms with Gasteiger partial charge >= 0.3 is 0 Å². The molecule has 4 aromatic rings. The molecule has 2 aromatic heterocycles. The van der Waals surface area contributed by atoms with Gasteiger partial charge in [0.15, 0.2) is 4.96 Å². The molecule has 2 heterocycles. The van der Waals surface area contributed by atoms with E-state index in [1.54, 1.807) is 12.1 Å². The fourth-order valence-corrected chi connectivity index (χ4v) is 5.26. The van der Waals surface area contributed by atoms with Gasteiger partial charge in [0.1, 0.15) is 17.3 Å². The van der Waals surface area contributed by atoms with Crippen LogP contribution in [0.15, 0.2) is 60.0 Å². The maximum Gasteiger partial charge on any atom is 0.196 e. The quantitative estimate of drug-likeness (QED) is 0.325. The third-order valence-electron chi connectivity index (χ3n) is 5.37. The molecule has 31 heavy (non-hydrogen) atoms. The maximum absolute atomic E-state index is 14.9. The molecular weight excluding hydrogens is 452 g/mol. The van der Waals surface area contributed by atoms with E-state index in [1.165, 1.54) is 23.0 Å². The number of halogens is 3. The monoisotopic (exact) mass is 469 g/mol. The zero-order valence-corrected chi connectivity index (χ0v) is 19.0. The molecule has 0 saturated carbocycles. The van der Waals surface area contributed by atoms with Crippen LogP contribution in [0.4, 0.5) is 15.9 Å². The molecule has 0 radical (unpaired) electrons.